The quantitative estimate of drug-likeness (QED) is 0.223. The fourth-order valence-electron chi connectivity index (χ4n) is 0.601. The lowest BCUT2D eigenvalue weighted by atomic mass is 10.5. The third kappa shape index (κ3) is 8.39. The summed E-state index contributed by atoms with van der Waals surface area (Å²) in [6, 6.07) is -0.0332. The predicted molar refractivity (Wildman–Crippen MR) is 53.7 cm³/mol. The molecule has 0 saturated heterocycles. The number of amides is 1. The van der Waals surface area contributed by atoms with Gasteiger partial charge in [-0.25, -0.2) is 0 Å². The summed E-state index contributed by atoms with van der Waals surface area (Å²) in [5.74, 6) is -0.0864. The van der Waals surface area contributed by atoms with Gasteiger partial charge in [0.15, 0.2) is 0 Å². The summed E-state index contributed by atoms with van der Waals surface area (Å²) in [5, 5.41) is 2.55. The molecule has 0 saturated carbocycles. The third-order valence-electron chi connectivity index (χ3n) is 1.13. The number of carbonyl (C=O) groups is 1. The van der Waals surface area contributed by atoms with Gasteiger partial charge in [0.05, 0.1) is 4.43 Å². The van der Waals surface area contributed by atoms with Crippen molar-refractivity contribution in [3.63, 3.8) is 0 Å². The van der Waals surface area contributed by atoms with Crippen molar-refractivity contribution in [1.82, 2.24) is 5.32 Å². The topological polar surface area (TPSA) is 89.8 Å². The minimum Gasteiger partial charge on any atom is -0.390 e. The van der Waals surface area contributed by atoms with Crippen molar-refractivity contribution in [2.24, 2.45) is 0 Å². The first-order chi connectivity index (χ1) is 5.45. The Balaban J connectivity index is 3.28. The molecule has 0 bridgehead atoms. The summed E-state index contributed by atoms with van der Waals surface area (Å²) < 4.78 is 0.387. The lowest BCUT2D eigenvalue weighted by molar-refractivity contribution is -0.118. The number of rotatable bonds is 5. The van der Waals surface area contributed by atoms with Crippen molar-refractivity contribution in [2.45, 2.75) is 12.5 Å². The van der Waals surface area contributed by atoms with Crippen LogP contribution in [-0.2, 0) is 4.79 Å². The van der Waals surface area contributed by atoms with Gasteiger partial charge >= 0.3 is 8.80 Å². The summed E-state index contributed by atoms with van der Waals surface area (Å²) in [6.45, 7) is 0.373. The molecule has 0 unspecified atom stereocenters. The first kappa shape index (κ1) is 12.3. The Hall–Kier alpha value is 0.297. The van der Waals surface area contributed by atoms with Gasteiger partial charge in [0.25, 0.3) is 0 Å². The number of carbonyl (C=O) groups excluding carboxylic acids is 1. The van der Waals surface area contributed by atoms with E-state index in [4.69, 9.17) is 14.4 Å². The maximum atomic E-state index is 10.6. The fraction of sp³-hybridized carbons (Fsp3) is 0.800. The second kappa shape index (κ2) is 5.86. The smallest absolute Gasteiger partial charge is 0.390 e. The van der Waals surface area contributed by atoms with E-state index in [0.717, 1.165) is 0 Å². The molecule has 0 radical (unpaired) electrons. The third-order valence-corrected chi connectivity index (χ3v) is 2.85. The summed E-state index contributed by atoms with van der Waals surface area (Å²) >= 11 is 1.93. The zero-order valence-electron chi connectivity index (χ0n) is 6.46. The predicted octanol–water partition coefficient (Wildman–Crippen LogP) is -1.16. The molecule has 0 heterocycles. The highest BCUT2D eigenvalue weighted by Crippen LogP contribution is 1.99. The van der Waals surface area contributed by atoms with Gasteiger partial charge in [0, 0.05) is 12.6 Å². The van der Waals surface area contributed by atoms with Crippen LogP contribution in [0.2, 0.25) is 6.04 Å². The van der Waals surface area contributed by atoms with E-state index in [2.05, 4.69) is 5.32 Å². The zero-order chi connectivity index (χ0) is 9.61. The van der Waals surface area contributed by atoms with Gasteiger partial charge in [0.2, 0.25) is 5.91 Å². The maximum absolute atomic E-state index is 10.6. The summed E-state index contributed by atoms with van der Waals surface area (Å²) in [7, 11) is -3.89. The Morgan fingerprint density at radius 2 is 2.00 bits per heavy atom. The minimum absolute atomic E-state index is 0.0332. The Morgan fingerprint density at radius 1 is 1.42 bits per heavy atom. The average molecular weight is 305 g/mol. The van der Waals surface area contributed by atoms with E-state index in [1.54, 1.807) is 0 Å². The molecule has 7 heteroatoms. The Morgan fingerprint density at radius 3 is 2.42 bits per heavy atom. The van der Waals surface area contributed by atoms with Gasteiger partial charge in [-0.15, -0.1) is 0 Å². The molecule has 0 aliphatic carbocycles. The van der Waals surface area contributed by atoms with Crippen molar-refractivity contribution in [1.29, 1.82) is 0 Å². The van der Waals surface area contributed by atoms with Gasteiger partial charge in [-0.2, -0.15) is 0 Å². The molecule has 0 aliphatic rings. The first-order valence-corrected chi connectivity index (χ1v) is 7.03. The minimum atomic E-state index is -3.89. The van der Waals surface area contributed by atoms with E-state index in [1.807, 2.05) is 22.6 Å². The first-order valence-electron chi connectivity index (χ1n) is 3.45. The van der Waals surface area contributed by atoms with E-state index in [1.165, 1.54) is 0 Å². The molecule has 0 atom stereocenters. The van der Waals surface area contributed by atoms with Crippen molar-refractivity contribution < 1.29 is 19.2 Å². The van der Waals surface area contributed by atoms with Gasteiger partial charge in [0.1, 0.15) is 0 Å². The number of hydrogen-bond acceptors (Lipinski definition) is 4. The highest BCUT2D eigenvalue weighted by atomic mass is 127. The molecule has 0 rings (SSSR count). The standard InChI is InChI=1S/C5H12INO4Si/c6-4-5(8)7-2-1-3-12(9,10)11/h9-11H,1-4H2,(H,7,8). The lowest BCUT2D eigenvalue weighted by Gasteiger charge is -2.08. The molecule has 0 aromatic carbocycles. The van der Waals surface area contributed by atoms with Gasteiger partial charge < -0.3 is 19.7 Å². The molecular weight excluding hydrogens is 293 g/mol. The number of nitrogens with one attached hydrogen (secondary N) is 1. The number of halogens is 1. The van der Waals surface area contributed by atoms with Crippen molar-refractivity contribution in [3.05, 3.63) is 0 Å². The average Bonchev–Trinajstić information content (AvgIpc) is 1.96. The summed E-state index contributed by atoms with van der Waals surface area (Å²) in [4.78, 5) is 36.4. The number of hydrogen-bond donors (Lipinski definition) is 4. The van der Waals surface area contributed by atoms with E-state index in [9.17, 15) is 4.79 Å². The van der Waals surface area contributed by atoms with E-state index < -0.39 is 8.80 Å². The maximum Gasteiger partial charge on any atom is 0.492 e. The van der Waals surface area contributed by atoms with Crippen molar-refractivity contribution in [2.75, 3.05) is 11.0 Å². The molecule has 4 N–H and O–H groups in total. The van der Waals surface area contributed by atoms with Crippen LogP contribution in [0.1, 0.15) is 6.42 Å². The summed E-state index contributed by atoms with van der Waals surface area (Å²) in [5.41, 5.74) is 0. The Kier molecular flexibility index (Phi) is 6.00. The molecule has 5 nitrogen and oxygen atoms in total. The van der Waals surface area contributed by atoms with E-state index in [0.29, 0.717) is 17.4 Å². The van der Waals surface area contributed by atoms with Crippen LogP contribution in [0.4, 0.5) is 0 Å². The van der Waals surface area contributed by atoms with Crippen LogP contribution in [0.15, 0.2) is 0 Å². The highest BCUT2D eigenvalue weighted by Gasteiger charge is 2.25. The highest BCUT2D eigenvalue weighted by molar-refractivity contribution is 14.1. The molecule has 0 aromatic rings. The largest absolute Gasteiger partial charge is 0.492 e. The molecule has 0 aliphatic heterocycles. The fourth-order valence-corrected chi connectivity index (χ4v) is 1.52. The molecule has 12 heavy (non-hydrogen) atoms. The molecule has 72 valence electrons. The Bertz CT molecular complexity index is 149. The SMILES string of the molecule is O=C(CI)NCCC[Si](O)(O)O. The number of alkyl halides is 1. The Labute approximate surface area is 85.3 Å². The molecule has 0 aromatic heterocycles. The van der Waals surface area contributed by atoms with Crippen LogP contribution in [0.5, 0.6) is 0 Å². The molecular formula is C5H12INO4Si. The zero-order valence-corrected chi connectivity index (χ0v) is 9.61. The van der Waals surface area contributed by atoms with Crippen LogP contribution in [0, 0.1) is 0 Å². The van der Waals surface area contributed by atoms with E-state index >= 15 is 0 Å². The van der Waals surface area contributed by atoms with Crippen molar-refractivity contribution in [3.8, 4) is 0 Å². The van der Waals surface area contributed by atoms with Gasteiger partial charge in [-0.1, -0.05) is 22.6 Å². The van der Waals surface area contributed by atoms with Gasteiger partial charge in [-0.3, -0.25) is 4.79 Å². The summed E-state index contributed by atoms with van der Waals surface area (Å²) in [6.07, 6.45) is 0.387. The lowest BCUT2D eigenvalue weighted by Crippen LogP contribution is -2.35. The van der Waals surface area contributed by atoms with Crippen LogP contribution in [-0.4, -0.2) is 40.1 Å². The second-order valence-corrected chi connectivity index (χ2v) is 5.17. The molecule has 0 spiro atoms. The normalized spacial score (nSPS) is 11.3. The van der Waals surface area contributed by atoms with E-state index in [-0.39, 0.29) is 12.0 Å². The monoisotopic (exact) mass is 305 g/mol. The van der Waals surface area contributed by atoms with Crippen molar-refractivity contribution >= 4 is 37.3 Å². The van der Waals surface area contributed by atoms with Crippen LogP contribution in [0.3, 0.4) is 0 Å². The van der Waals surface area contributed by atoms with Crippen LogP contribution in [0.25, 0.3) is 0 Å². The van der Waals surface area contributed by atoms with Crippen LogP contribution >= 0.6 is 22.6 Å². The van der Waals surface area contributed by atoms with Crippen LogP contribution < -0.4 is 5.32 Å². The second-order valence-electron chi connectivity index (χ2n) is 2.36. The van der Waals surface area contributed by atoms with Gasteiger partial charge in [-0.05, 0) is 6.42 Å². The molecule has 0 fully saturated rings. The molecule has 1 amide bonds.